The van der Waals surface area contributed by atoms with Gasteiger partial charge in [-0.25, -0.2) is 5.01 Å². The van der Waals surface area contributed by atoms with Crippen molar-refractivity contribution in [2.45, 2.75) is 51.0 Å². The minimum Gasteiger partial charge on any atom is -0.252 e. The highest BCUT2D eigenvalue weighted by atomic mass is 15.5. The summed E-state index contributed by atoms with van der Waals surface area (Å²) < 4.78 is 0. The van der Waals surface area contributed by atoms with Crippen molar-refractivity contribution >= 4 is 0 Å². The quantitative estimate of drug-likeness (QED) is 0.878. The lowest BCUT2D eigenvalue weighted by Gasteiger charge is -2.41. The molecule has 2 nitrogen and oxygen atoms in total. The van der Waals surface area contributed by atoms with Crippen molar-refractivity contribution < 1.29 is 0 Å². The van der Waals surface area contributed by atoms with Gasteiger partial charge in [-0.15, -0.1) is 0 Å². The summed E-state index contributed by atoms with van der Waals surface area (Å²) in [6.07, 6.45) is 6.75. The van der Waals surface area contributed by atoms with Gasteiger partial charge in [0.05, 0.1) is 0 Å². The fraction of sp³-hybridized carbons (Fsp3) is 0.625. The van der Waals surface area contributed by atoms with Crippen LogP contribution in [-0.2, 0) is 0 Å². The molecule has 2 fully saturated rings. The van der Waals surface area contributed by atoms with Gasteiger partial charge in [0.2, 0.25) is 0 Å². The summed E-state index contributed by atoms with van der Waals surface area (Å²) in [5.74, 6) is 0.786. The van der Waals surface area contributed by atoms with Crippen LogP contribution in [-0.4, -0.2) is 24.1 Å². The molecule has 0 atom stereocenters. The molecule has 0 aromatic heterocycles. The zero-order valence-corrected chi connectivity index (χ0v) is 11.4. The van der Waals surface area contributed by atoms with Gasteiger partial charge in [-0.2, -0.15) is 0 Å². The van der Waals surface area contributed by atoms with Gasteiger partial charge in [0.15, 0.2) is 0 Å². The number of nitrogens with one attached hydrogen (secondary N) is 1. The average molecular weight is 244 g/mol. The smallest absolute Gasteiger partial charge is 0.0227 e. The summed E-state index contributed by atoms with van der Waals surface area (Å²) in [6, 6.07) is 9.57. The molecule has 98 valence electrons. The van der Waals surface area contributed by atoms with Crippen molar-refractivity contribution in [3.63, 3.8) is 0 Å². The Morgan fingerprint density at radius 1 is 1.06 bits per heavy atom. The molecule has 2 aliphatic rings. The van der Waals surface area contributed by atoms with E-state index < -0.39 is 0 Å². The molecule has 0 radical (unpaired) electrons. The second-order valence-corrected chi connectivity index (χ2v) is 5.90. The molecular weight excluding hydrogens is 220 g/mol. The van der Waals surface area contributed by atoms with E-state index in [4.69, 9.17) is 0 Å². The Kier molecular flexibility index (Phi) is 3.67. The number of hydrogen-bond donors (Lipinski definition) is 1. The minimum atomic E-state index is 0.715. The van der Waals surface area contributed by atoms with Gasteiger partial charge in [-0.05, 0) is 49.7 Å². The molecular formula is C16H24N2. The van der Waals surface area contributed by atoms with E-state index in [-0.39, 0.29) is 0 Å². The third-order valence-corrected chi connectivity index (χ3v) is 4.49. The molecule has 1 N–H and O–H groups in total. The van der Waals surface area contributed by atoms with Crippen LogP contribution in [0.25, 0.3) is 0 Å². The SMILES string of the molecule is Cc1ccccc1C1CC(NN2CCCCC2)C1. The molecule has 1 heterocycles. The second kappa shape index (κ2) is 5.41. The Morgan fingerprint density at radius 2 is 1.78 bits per heavy atom. The predicted octanol–water partition coefficient (Wildman–Crippen LogP) is 3.23. The third kappa shape index (κ3) is 2.60. The number of benzene rings is 1. The number of rotatable bonds is 3. The molecule has 0 unspecified atom stereocenters. The van der Waals surface area contributed by atoms with Crippen LogP contribution in [0.1, 0.15) is 49.1 Å². The lowest BCUT2D eigenvalue weighted by atomic mass is 9.75. The molecule has 1 aromatic rings. The standard InChI is InChI=1S/C16H24N2/c1-13-7-3-4-8-16(13)14-11-15(12-14)17-18-9-5-2-6-10-18/h3-4,7-8,14-15,17H,2,5-6,9-12H2,1H3. The van der Waals surface area contributed by atoms with Gasteiger partial charge < -0.3 is 0 Å². The maximum absolute atomic E-state index is 3.71. The van der Waals surface area contributed by atoms with Crippen LogP contribution in [0.5, 0.6) is 0 Å². The summed E-state index contributed by atoms with van der Waals surface area (Å²) in [7, 11) is 0. The fourth-order valence-electron chi connectivity index (χ4n) is 3.30. The van der Waals surface area contributed by atoms with Gasteiger partial charge in [0.25, 0.3) is 0 Å². The van der Waals surface area contributed by atoms with Crippen molar-refractivity contribution in [1.82, 2.24) is 10.4 Å². The number of hydrogen-bond acceptors (Lipinski definition) is 2. The van der Waals surface area contributed by atoms with Crippen molar-refractivity contribution in [3.8, 4) is 0 Å². The van der Waals surface area contributed by atoms with E-state index >= 15 is 0 Å². The van der Waals surface area contributed by atoms with Gasteiger partial charge >= 0.3 is 0 Å². The lowest BCUT2D eigenvalue weighted by Crippen LogP contribution is -2.51. The molecule has 1 aliphatic heterocycles. The van der Waals surface area contributed by atoms with E-state index in [0.29, 0.717) is 6.04 Å². The van der Waals surface area contributed by atoms with E-state index in [0.717, 1.165) is 5.92 Å². The molecule has 18 heavy (non-hydrogen) atoms. The van der Waals surface area contributed by atoms with Crippen molar-refractivity contribution in [1.29, 1.82) is 0 Å². The highest BCUT2D eigenvalue weighted by Gasteiger charge is 2.32. The first-order valence-electron chi connectivity index (χ1n) is 7.39. The van der Waals surface area contributed by atoms with E-state index in [9.17, 15) is 0 Å². The molecule has 1 saturated heterocycles. The van der Waals surface area contributed by atoms with Crippen molar-refractivity contribution in [2.24, 2.45) is 0 Å². The summed E-state index contributed by atoms with van der Waals surface area (Å²) in [5.41, 5.74) is 6.73. The zero-order chi connectivity index (χ0) is 12.4. The Bertz CT molecular complexity index is 390. The van der Waals surface area contributed by atoms with Gasteiger partial charge in [0.1, 0.15) is 0 Å². The molecule has 1 aliphatic carbocycles. The maximum atomic E-state index is 3.71. The number of piperidine rings is 1. The summed E-state index contributed by atoms with van der Waals surface area (Å²) >= 11 is 0. The van der Waals surface area contributed by atoms with Crippen molar-refractivity contribution in [3.05, 3.63) is 35.4 Å². The Balaban J connectivity index is 1.49. The van der Waals surface area contributed by atoms with E-state index in [2.05, 4.69) is 41.6 Å². The Morgan fingerprint density at radius 3 is 2.50 bits per heavy atom. The first-order chi connectivity index (χ1) is 8.83. The summed E-state index contributed by atoms with van der Waals surface area (Å²) in [4.78, 5) is 0. The largest absolute Gasteiger partial charge is 0.252 e. The lowest BCUT2D eigenvalue weighted by molar-refractivity contribution is 0.0917. The third-order valence-electron chi connectivity index (χ3n) is 4.49. The van der Waals surface area contributed by atoms with Gasteiger partial charge in [-0.1, -0.05) is 30.7 Å². The van der Waals surface area contributed by atoms with Crippen LogP contribution in [0.2, 0.25) is 0 Å². The molecule has 0 spiro atoms. The van der Waals surface area contributed by atoms with Crippen LogP contribution in [0.15, 0.2) is 24.3 Å². The molecule has 2 heteroatoms. The van der Waals surface area contributed by atoms with E-state index in [1.807, 2.05) is 0 Å². The predicted molar refractivity (Wildman–Crippen MR) is 75.5 cm³/mol. The molecule has 1 aromatic carbocycles. The topological polar surface area (TPSA) is 15.3 Å². The zero-order valence-electron chi connectivity index (χ0n) is 11.4. The number of hydrazine groups is 1. The highest BCUT2D eigenvalue weighted by Crippen LogP contribution is 2.38. The number of aryl methyl sites for hydroxylation is 1. The van der Waals surface area contributed by atoms with Gasteiger partial charge in [0, 0.05) is 19.1 Å². The van der Waals surface area contributed by atoms with Crippen molar-refractivity contribution in [2.75, 3.05) is 13.1 Å². The minimum absolute atomic E-state index is 0.715. The average Bonchev–Trinajstić information content (AvgIpc) is 2.36. The fourth-order valence-corrected chi connectivity index (χ4v) is 3.30. The van der Waals surface area contributed by atoms with Crippen LogP contribution in [0, 0.1) is 6.92 Å². The molecule has 3 rings (SSSR count). The molecule has 1 saturated carbocycles. The maximum Gasteiger partial charge on any atom is 0.0227 e. The summed E-state index contributed by atoms with van der Waals surface area (Å²) in [5, 5.41) is 2.45. The Labute approximate surface area is 110 Å². The monoisotopic (exact) mass is 244 g/mol. The van der Waals surface area contributed by atoms with E-state index in [1.165, 1.54) is 50.8 Å². The van der Waals surface area contributed by atoms with E-state index in [1.54, 1.807) is 5.56 Å². The number of nitrogens with zero attached hydrogens (tertiary/aromatic N) is 1. The normalized spacial score (nSPS) is 28.9. The van der Waals surface area contributed by atoms with Crippen LogP contribution in [0.4, 0.5) is 0 Å². The van der Waals surface area contributed by atoms with Gasteiger partial charge in [-0.3, -0.25) is 5.43 Å². The Hall–Kier alpha value is -0.860. The molecule has 0 amide bonds. The second-order valence-electron chi connectivity index (χ2n) is 5.90. The molecule has 0 bridgehead atoms. The van der Waals surface area contributed by atoms with Crippen LogP contribution in [0.3, 0.4) is 0 Å². The first kappa shape index (κ1) is 12.2. The first-order valence-corrected chi connectivity index (χ1v) is 7.39. The van der Waals surface area contributed by atoms with Crippen LogP contribution >= 0.6 is 0 Å². The summed E-state index contributed by atoms with van der Waals surface area (Å²) in [6.45, 7) is 4.72. The van der Waals surface area contributed by atoms with Crippen LogP contribution < -0.4 is 5.43 Å². The highest BCUT2D eigenvalue weighted by molar-refractivity contribution is 5.31.